The number of hydrogen-bond donors (Lipinski definition) is 5. The third kappa shape index (κ3) is 4.18. The smallest absolute Gasteiger partial charge is 0.256 e. The van der Waals surface area contributed by atoms with Gasteiger partial charge in [-0.25, -0.2) is 0 Å². The molecule has 0 bridgehead atoms. The fourth-order valence-corrected chi connectivity index (χ4v) is 2.68. The molecule has 0 aromatic carbocycles. The monoisotopic (exact) mass is 357 g/mol. The summed E-state index contributed by atoms with van der Waals surface area (Å²) in [6, 6.07) is 0. The lowest BCUT2D eigenvalue weighted by Gasteiger charge is -2.19. The molecule has 0 radical (unpaired) electrons. The molecule has 0 saturated carbocycles. The molecule has 2 heterocycles. The molecule has 0 amide bonds. The Kier molecular flexibility index (Phi) is 6.44. The van der Waals surface area contributed by atoms with Gasteiger partial charge in [-0.2, -0.15) is 0 Å². The third-order valence-corrected chi connectivity index (χ3v) is 4.12. The summed E-state index contributed by atoms with van der Waals surface area (Å²) in [5.74, 6) is 0. The zero-order valence-corrected chi connectivity index (χ0v) is 14.4. The second kappa shape index (κ2) is 8.15. The first-order valence-corrected chi connectivity index (χ1v) is 8.07. The van der Waals surface area contributed by atoms with E-state index in [-0.39, 0.29) is 10.3 Å². The maximum Gasteiger partial charge on any atom is 0.256 e. The minimum atomic E-state index is -1.26. The highest BCUT2D eigenvalue weighted by Gasteiger charge is 2.43. The maximum atomic E-state index is 12.0. The number of aliphatic hydroxyl groups excluding tert-OH is 3. The van der Waals surface area contributed by atoms with Gasteiger partial charge in [-0.3, -0.25) is 14.3 Å². The first-order valence-electron chi connectivity index (χ1n) is 7.66. The van der Waals surface area contributed by atoms with Gasteiger partial charge in [-0.05, 0) is 26.1 Å². The standard InChI is InChI=1S/C15H23N3O5S/c1-8(2)3-4-16-5-9-6-18(15(24)17-13(9)22)14-12(21)11(20)10(7-19)23-14/h3,6,10-12,14,16,19-21H,4-5,7H2,1-2H3,(H,17,22,24)/t10-,11+,12?,14-/m1/s1. The Labute approximate surface area is 144 Å². The Bertz CT molecular complexity index is 710. The molecule has 9 heteroatoms. The average Bonchev–Trinajstić information content (AvgIpc) is 2.81. The molecule has 1 aromatic rings. The van der Waals surface area contributed by atoms with Crippen molar-refractivity contribution in [3.05, 3.63) is 38.5 Å². The van der Waals surface area contributed by atoms with Gasteiger partial charge >= 0.3 is 0 Å². The molecule has 1 saturated heterocycles. The molecular weight excluding hydrogens is 334 g/mol. The molecule has 134 valence electrons. The fraction of sp³-hybridized carbons (Fsp3) is 0.600. The minimum Gasteiger partial charge on any atom is -0.394 e. The van der Waals surface area contributed by atoms with E-state index in [4.69, 9.17) is 17.0 Å². The number of allylic oxidation sites excluding steroid dienone is 1. The quantitative estimate of drug-likeness (QED) is 0.266. The summed E-state index contributed by atoms with van der Waals surface area (Å²) in [5.41, 5.74) is 1.26. The molecule has 24 heavy (non-hydrogen) atoms. The molecule has 1 aliphatic rings. The van der Waals surface area contributed by atoms with Crippen molar-refractivity contribution < 1.29 is 20.1 Å². The molecular formula is C15H23N3O5S. The van der Waals surface area contributed by atoms with Gasteiger partial charge in [0.25, 0.3) is 5.56 Å². The number of aliphatic hydroxyl groups is 3. The van der Waals surface area contributed by atoms with E-state index in [2.05, 4.69) is 10.3 Å². The van der Waals surface area contributed by atoms with Crippen molar-refractivity contribution in [2.45, 2.75) is 44.9 Å². The number of ether oxygens (including phenoxy) is 1. The van der Waals surface area contributed by atoms with E-state index < -0.39 is 31.1 Å². The predicted molar refractivity (Wildman–Crippen MR) is 90.0 cm³/mol. The highest BCUT2D eigenvalue weighted by Crippen LogP contribution is 2.29. The Morgan fingerprint density at radius 1 is 1.46 bits per heavy atom. The zero-order chi connectivity index (χ0) is 17.9. The van der Waals surface area contributed by atoms with Gasteiger partial charge in [0, 0.05) is 24.8 Å². The number of H-pyrrole nitrogens is 1. The minimum absolute atomic E-state index is 0.0721. The van der Waals surface area contributed by atoms with Gasteiger partial charge in [-0.15, -0.1) is 0 Å². The number of aromatic amines is 1. The fourth-order valence-electron chi connectivity index (χ4n) is 2.44. The summed E-state index contributed by atoms with van der Waals surface area (Å²) in [4.78, 5) is 14.6. The van der Waals surface area contributed by atoms with Crippen LogP contribution in [0.5, 0.6) is 0 Å². The first-order chi connectivity index (χ1) is 11.3. The van der Waals surface area contributed by atoms with Crippen LogP contribution in [0.4, 0.5) is 0 Å². The van der Waals surface area contributed by atoms with Crippen molar-refractivity contribution in [2.24, 2.45) is 0 Å². The number of nitrogens with zero attached hydrogens (tertiary/aromatic N) is 1. The van der Waals surface area contributed by atoms with Gasteiger partial charge in [0.05, 0.1) is 6.61 Å². The molecule has 8 nitrogen and oxygen atoms in total. The lowest BCUT2D eigenvalue weighted by atomic mass is 10.1. The van der Waals surface area contributed by atoms with Crippen LogP contribution in [0.2, 0.25) is 0 Å². The number of rotatable bonds is 6. The molecule has 1 aromatic heterocycles. The summed E-state index contributed by atoms with van der Waals surface area (Å²) >= 11 is 5.11. The summed E-state index contributed by atoms with van der Waals surface area (Å²) in [6.07, 6.45) is -0.873. The Morgan fingerprint density at radius 3 is 2.75 bits per heavy atom. The lowest BCUT2D eigenvalue weighted by molar-refractivity contribution is -0.0542. The average molecular weight is 357 g/mol. The van der Waals surface area contributed by atoms with Crippen LogP contribution in [-0.2, 0) is 11.3 Å². The van der Waals surface area contributed by atoms with Crippen LogP contribution in [0.15, 0.2) is 22.6 Å². The third-order valence-electron chi connectivity index (χ3n) is 3.80. The van der Waals surface area contributed by atoms with Crippen molar-refractivity contribution in [2.75, 3.05) is 13.2 Å². The normalized spacial score (nSPS) is 26.5. The van der Waals surface area contributed by atoms with E-state index in [0.717, 1.165) is 0 Å². The van der Waals surface area contributed by atoms with Crippen LogP contribution in [0.3, 0.4) is 0 Å². The van der Waals surface area contributed by atoms with Crippen LogP contribution >= 0.6 is 12.2 Å². The van der Waals surface area contributed by atoms with Crippen LogP contribution in [-0.4, -0.2) is 56.3 Å². The molecule has 1 fully saturated rings. The van der Waals surface area contributed by atoms with Crippen molar-refractivity contribution in [3.63, 3.8) is 0 Å². The predicted octanol–water partition coefficient (Wildman–Crippen LogP) is -0.427. The Hall–Kier alpha value is -1.36. The van der Waals surface area contributed by atoms with Crippen LogP contribution in [0, 0.1) is 4.77 Å². The van der Waals surface area contributed by atoms with Gasteiger partial charge in [0.15, 0.2) is 11.0 Å². The largest absolute Gasteiger partial charge is 0.394 e. The highest BCUT2D eigenvalue weighted by atomic mass is 32.1. The van der Waals surface area contributed by atoms with Gasteiger partial charge in [-0.1, -0.05) is 11.6 Å². The second-order valence-corrected chi connectivity index (χ2v) is 6.35. The van der Waals surface area contributed by atoms with Gasteiger partial charge in [0.1, 0.15) is 18.3 Å². The summed E-state index contributed by atoms with van der Waals surface area (Å²) < 4.78 is 6.91. The SMILES string of the molecule is CC(C)=CCNCc1cn([C@@H]2O[C@H](CO)[C@H](O)C2O)c(=S)[nH]c1=O. The zero-order valence-electron chi connectivity index (χ0n) is 13.6. The van der Waals surface area contributed by atoms with Crippen LogP contribution in [0.25, 0.3) is 0 Å². The second-order valence-electron chi connectivity index (χ2n) is 5.96. The molecule has 5 N–H and O–H groups in total. The number of aromatic nitrogens is 2. The van der Waals surface area contributed by atoms with Crippen molar-refractivity contribution in [1.82, 2.24) is 14.9 Å². The highest BCUT2D eigenvalue weighted by molar-refractivity contribution is 7.71. The summed E-state index contributed by atoms with van der Waals surface area (Å²) in [6.45, 7) is 4.46. The van der Waals surface area contributed by atoms with Crippen molar-refractivity contribution >= 4 is 12.2 Å². The molecule has 0 spiro atoms. The summed E-state index contributed by atoms with van der Waals surface area (Å²) in [5, 5.41) is 32.2. The maximum absolute atomic E-state index is 12.0. The van der Waals surface area contributed by atoms with Crippen molar-refractivity contribution in [3.8, 4) is 0 Å². The lowest BCUT2D eigenvalue weighted by Crippen LogP contribution is -2.34. The van der Waals surface area contributed by atoms with Gasteiger partial charge in [0.2, 0.25) is 0 Å². The van der Waals surface area contributed by atoms with Crippen LogP contribution < -0.4 is 10.9 Å². The number of nitrogens with one attached hydrogen (secondary N) is 2. The van der Waals surface area contributed by atoms with Gasteiger partial charge < -0.3 is 25.4 Å². The Morgan fingerprint density at radius 2 is 2.17 bits per heavy atom. The summed E-state index contributed by atoms with van der Waals surface area (Å²) in [7, 11) is 0. The molecule has 4 atom stereocenters. The molecule has 2 rings (SSSR count). The topological polar surface area (TPSA) is 120 Å². The molecule has 1 aliphatic heterocycles. The first kappa shape index (κ1) is 19.0. The molecule has 1 unspecified atom stereocenters. The van der Waals surface area contributed by atoms with E-state index in [9.17, 15) is 20.1 Å². The van der Waals surface area contributed by atoms with E-state index in [0.29, 0.717) is 18.7 Å². The van der Waals surface area contributed by atoms with E-state index in [1.807, 2.05) is 19.9 Å². The molecule has 0 aliphatic carbocycles. The Balaban J connectivity index is 2.22. The van der Waals surface area contributed by atoms with E-state index in [1.54, 1.807) is 0 Å². The van der Waals surface area contributed by atoms with Crippen molar-refractivity contribution in [1.29, 1.82) is 0 Å². The van der Waals surface area contributed by atoms with Crippen LogP contribution in [0.1, 0.15) is 25.6 Å². The number of hydrogen-bond acceptors (Lipinski definition) is 7. The van der Waals surface area contributed by atoms with E-state index >= 15 is 0 Å². The van der Waals surface area contributed by atoms with E-state index in [1.165, 1.54) is 16.3 Å².